The zero-order valence-corrected chi connectivity index (χ0v) is 7.51. The van der Waals surface area contributed by atoms with Crippen molar-refractivity contribution in [2.24, 2.45) is 7.05 Å². The molecule has 0 saturated carbocycles. The third-order valence-electron chi connectivity index (χ3n) is 1.36. The molecule has 10 heavy (non-hydrogen) atoms. The molecule has 0 aliphatic heterocycles. The van der Waals surface area contributed by atoms with E-state index in [-0.39, 0.29) is 0 Å². The van der Waals surface area contributed by atoms with Gasteiger partial charge in [0.1, 0.15) is 0 Å². The Morgan fingerprint density at radius 2 is 2.50 bits per heavy atom. The number of halogens is 1. The van der Waals surface area contributed by atoms with Crippen molar-refractivity contribution in [1.82, 2.24) is 4.57 Å². The minimum Gasteiger partial charge on any atom is -0.351 e. The fourth-order valence-corrected chi connectivity index (χ4v) is 1.000. The van der Waals surface area contributed by atoms with Gasteiger partial charge in [0, 0.05) is 24.3 Å². The van der Waals surface area contributed by atoms with Crippen molar-refractivity contribution in [3.05, 3.63) is 30.1 Å². The topological polar surface area (TPSA) is 4.93 Å². The summed E-state index contributed by atoms with van der Waals surface area (Å²) in [6, 6.07) is 4.12. The summed E-state index contributed by atoms with van der Waals surface area (Å²) in [6.45, 7) is 0. The first-order valence-corrected chi connectivity index (χ1v) is 4.30. The zero-order valence-electron chi connectivity index (χ0n) is 5.92. The fourth-order valence-electron chi connectivity index (χ4n) is 0.813. The predicted octanol–water partition coefficient (Wildman–Crippen LogP) is 2.43. The molecular formula is C8H10BrN. The van der Waals surface area contributed by atoms with Gasteiger partial charge in [-0.2, -0.15) is 0 Å². The summed E-state index contributed by atoms with van der Waals surface area (Å²) in [6.07, 6.45) is 6.21. The molecule has 0 N–H and O–H groups in total. The molecule has 1 aromatic rings. The number of aryl methyl sites for hydroxylation is 1. The second-order valence-electron chi connectivity index (χ2n) is 2.10. The maximum absolute atomic E-state index is 3.32. The van der Waals surface area contributed by atoms with Crippen LogP contribution in [0.4, 0.5) is 0 Å². The lowest BCUT2D eigenvalue weighted by molar-refractivity contribution is 0.915. The molecule has 1 nitrogen and oxygen atoms in total. The molecule has 0 aliphatic rings. The average Bonchev–Trinajstić information content (AvgIpc) is 2.31. The molecule has 0 fully saturated rings. The first kappa shape index (κ1) is 7.61. The summed E-state index contributed by atoms with van der Waals surface area (Å²) in [7, 11) is 2.04. The van der Waals surface area contributed by atoms with Crippen LogP contribution in [0, 0.1) is 0 Å². The molecule has 1 rings (SSSR count). The van der Waals surface area contributed by atoms with E-state index in [9.17, 15) is 0 Å². The summed E-state index contributed by atoms with van der Waals surface area (Å²) < 4.78 is 2.08. The van der Waals surface area contributed by atoms with Gasteiger partial charge in [0.25, 0.3) is 0 Å². The van der Waals surface area contributed by atoms with Gasteiger partial charge < -0.3 is 4.57 Å². The van der Waals surface area contributed by atoms with Crippen molar-refractivity contribution in [2.45, 2.75) is 0 Å². The van der Waals surface area contributed by atoms with Gasteiger partial charge in [-0.05, 0) is 18.2 Å². The van der Waals surface area contributed by atoms with Crippen LogP contribution in [0.2, 0.25) is 0 Å². The molecule has 0 bridgehead atoms. The number of hydrogen-bond acceptors (Lipinski definition) is 0. The Morgan fingerprint density at radius 3 is 3.00 bits per heavy atom. The van der Waals surface area contributed by atoms with Crippen molar-refractivity contribution in [2.75, 3.05) is 5.33 Å². The standard InChI is InChI=1S/C8H10BrN/c1-10-7-3-5-8(10)4-2-6-9/h2-5,7H,6H2,1H3. The largest absolute Gasteiger partial charge is 0.351 e. The molecule has 0 aromatic carbocycles. The van der Waals surface area contributed by atoms with Crippen LogP contribution in [0.25, 0.3) is 6.08 Å². The van der Waals surface area contributed by atoms with Crippen molar-refractivity contribution in [3.8, 4) is 0 Å². The molecule has 0 spiro atoms. The molecule has 1 heterocycles. The summed E-state index contributed by atoms with van der Waals surface area (Å²) in [5.41, 5.74) is 1.24. The molecule has 2 heteroatoms. The number of allylic oxidation sites excluding steroid dienone is 1. The van der Waals surface area contributed by atoms with Crippen LogP contribution in [0.1, 0.15) is 5.69 Å². The second-order valence-corrected chi connectivity index (χ2v) is 2.75. The van der Waals surface area contributed by atoms with E-state index in [4.69, 9.17) is 0 Å². The summed E-state index contributed by atoms with van der Waals surface area (Å²) in [4.78, 5) is 0. The van der Waals surface area contributed by atoms with Gasteiger partial charge in [-0.3, -0.25) is 0 Å². The Labute approximate surface area is 69.5 Å². The molecule has 54 valence electrons. The fraction of sp³-hybridized carbons (Fsp3) is 0.250. The van der Waals surface area contributed by atoms with E-state index in [1.54, 1.807) is 0 Å². The normalized spacial score (nSPS) is 11.0. The Bertz CT molecular complexity index is 225. The Morgan fingerprint density at radius 1 is 1.70 bits per heavy atom. The SMILES string of the molecule is Cn1cccc1C=CCBr. The van der Waals surface area contributed by atoms with Crippen molar-refractivity contribution < 1.29 is 0 Å². The number of aromatic nitrogens is 1. The van der Waals surface area contributed by atoms with Crippen LogP contribution in [-0.4, -0.2) is 9.90 Å². The number of nitrogens with zero attached hydrogens (tertiary/aromatic N) is 1. The van der Waals surface area contributed by atoms with Gasteiger partial charge in [0.05, 0.1) is 0 Å². The van der Waals surface area contributed by atoms with Crippen LogP contribution in [0.5, 0.6) is 0 Å². The average molecular weight is 200 g/mol. The van der Waals surface area contributed by atoms with Crippen LogP contribution >= 0.6 is 15.9 Å². The van der Waals surface area contributed by atoms with Crippen molar-refractivity contribution >= 4 is 22.0 Å². The summed E-state index contributed by atoms with van der Waals surface area (Å²) in [5.74, 6) is 0. The molecule has 1 aromatic heterocycles. The van der Waals surface area contributed by atoms with Crippen LogP contribution < -0.4 is 0 Å². The minimum atomic E-state index is 0.915. The van der Waals surface area contributed by atoms with E-state index in [0.29, 0.717) is 0 Å². The van der Waals surface area contributed by atoms with Crippen LogP contribution in [0.15, 0.2) is 24.4 Å². The van der Waals surface area contributed by atoms with Crippen molar-refractivity contribution in [3.63, 3.8) is 0 Å². The van der Waals surface area contributed by atoms with E-state index < -0.39 is 0 Å². The van der Waals surface area contributed by atoms with E-state index in [2.05, 4.69) is 38.7 Å². The third-order valence-corrected chi connectivity index (χ3v) is 1.74. The quantitative estimate of drug-likeness (QED) is 0.646. The highest BCUT2D eigenvalue weighted by molar-refractivity contribution is 9.09. The Hall–Kier alpha value is -0.500. The van der Waals surface area contributed by atoms with E-state index >= 15 is 0 Å². The highest BCUT2D eigenvalue weighted by Crippen LogP contribution is 2.01. The predicted molar refractivity (Wildman–Crippen MR) is 48.2 cm³/mol. The lowest BCUT2D eigenvalue weighted by Crippen LogP contribution is -1.86. The van der Waals surface area contributed by atoms with Gasteiger partial charge in [-0.1, -0.05) is 22.0 Å². The maximum atomic E-state index is 3.32. The first-order valence-electron chi connectivity index (χ1n) is 3.18. The summed E-state index contributed by atoms with van der Waals surface area (Å²) in [5, 5.41) is 0.915. The van der Waals surface area contributed by atoms with Gasteiger partial charge in [0.15, 0.2) is 0 Å². The lowest BCUT2D eigenvalue weighted by atomic mass is 10.4. The van der Waals surface area contributed by atoms with Crippen LogP contribution in [-0.2, 0) is 7.05 Å². The molecule has 0 unspecified atom stereocenters. The van der Waals surface area contributed by atoms with E-state index in [1.165, 1.54) is 5.69 Å². The van der Waals surface area contributed by atoms with E-state index in [0.717, 1.165) is 5.33 Å². The lowest BCUT2D eigenvalue weighted by Gasteiger charge is -1.93. The number of alkyl halides is 1. The highest BCUT2D eigenvalue weighted by Gasteiger charge is 1.87. The third kappa shape index (κ3) is 1.74. The second kappa shape index (κ2) is 3.62. The van der Waals surface area contributed by atoms with E-state index in [1.807, 2.05) is 19.3 Å². The molecule has 0 atom stereocenters. The van der Waals surface area contributed by atoms with Gasteiger partial charge in [-0.15, -0.1) is 0 Å². The molecule has 0 radical (unpaired) electrons. The maximum Gasteiger partial charge on any atom is 0.0401 e. The van der Waals surface area contributed by atoms with Crippen molar-refractivity contribution in [1.29, 1.82) is 0 Å². The first-order chi connectivity index (χ1) is 4.84. The zero-order chi connectivity index (χ0) is 7.40. The van der Waals surface area contributed by atoms with Gasteiger partial charge in [0.2, 0.25) is 0 Å². The monoisotopic (exact) mass is 199 g/mol. The summed E-state index contributed by atoms with van der Waals surface area (Å²) >= 11 is 3.32. The van der Waals surface area contributed by atoms with Gasteiger partial charge in [-0.25, -0.2) is 0 Å². The number of rotatable bonds is 2. The highest BCUT2D eigenvalue weighted by atomic mass is 79.9. The Balaban J connectivity index is 2.74. The smallest absolute Gasteiger partial charge is 0.0401 e. The molecule has 0 aliphatic carbocycles. The minimum absolute atomic E-state index is 0.915. The Kier molecular flexibility index (Phi) is 2.75. The van der Waals surface area contributed by atoms with Gasteiger partial charge >= 0.3 is 0 Å². The molecule has 0 saturated heterocycles. The number of hydrogen-bond donors (Lipinski definition) is 0. The molecular weight excluding hydrogens is 190 g/mol. The molecule has 0 amide bonds. The van der Waals surface area contributed by atoms with Crippen LogP contribution in [0.3, 0.4) is 0 Å².